The first-order valence-corrected chi connectivity index (χ1v) is 7.29. The third-order valence-corrected chi connectivity index (χ3v) is 4.03. The Balaban J connectivity index is 1.83. The van der Waals surface area contributed by atoms with Crippen LogP contribution in [0.3, 0.4) is 0 Å². The molecule has 3 N–H and O–H groups in total. The molecule has 0 aliphatic carbocycles. The van der Waals surface area contributed by atoms with Crippen LogP contribution in [0.25, 0.3) is 0 Å². The molecule has 0 bridgehead atoms. The first-order valence-electron chi connectivity index (χ1n) is 7.29. The molecule has 2 heterocycles. The van der Waals surface area contributed by atoms with Gasteiger partial charge in [0.25, 0.3) is 0 Å². The van der Waals surface area contributed by atoms with Crippen LogP contribution in [-0.2, 0) is 6.42 Å². The number of rotatable bonds is 4. The van der Waals surface area contributed by atoms with Crippen LogP contribution in [0.4, 0.5) is 4.79 Å². The molecule has 0 saturated carbocycles. The van der Waals surface area contributed by atoms with E-state index in [1.807, 2.05) is 13.8 Å². The molecular weight excluding hydrogens is 256 g/mol. The molecule has 1 aliphatic rings. The molecule has 1 aromatic rings. The summed E-state index contributed by atoms with van der Waals surface area (Å²) in [5, 5.41) is 19.4. The summed E-state index contributed by atoms with van der Waals surface area (Å²) < 4.78 is 0. The first kappa shape index (κ1) is 14.8. The smallest absolute Gasteiger partial charge is 0.317 e. The van der Waals surface area contributed by atoms with Crippen molar-refractivity contribution in [2.75, 3.05) is 19.7 Å². The maximum atomic E-state index is 12.1. The number of aliphatic hydroxyl groups is 1. The van der Waals surface area contributed by atoms with Crippen molar-refractivity contribution in [2.24, 2.45) is 0 Å². The van der Waals surface area contributed by atoms with Gasteiger partial charge in [-0.1, -0.05) is 0 Å². The van der Waals surface area contributed by atoms with Gasteiger partial charge in [-0.2, -0.15) is 5.10 Å². The van der Waals surface area contributed by atoms with Crippen LogP contribution in [0.5, 0.6) is 0 Å². The number of likely N-dealkylation sites (tertiary alicyclic amines) is 1. The summed E-state index contributed by atoms with van der Waals surface area (Å²) in [5.41, 5.74) is 3.22. The van der Waals surface area contributed by atoms with Crippen LogP contribution in [-0.4, -0.2) is 52.0 Å². The maximum Gasteiger partial charge on any atom is 0.317 e. The third kappa shape index (κ3) is 3.30. The number of piperidine rings is 1. The van der Waals surface area contributed by atoms with Gasteiger partial charge in [-0.3, -0.25) is 5.10 Å². The van der Waals surface area contributed by atoms with E-state index >= 15 is 0 Å². The number of aromatic amines is 1. The Hall–Kier alpha value is -1.56. The SMILES string of the molecule is Cc1n[nH]c(C)c1CCNC(=O)N1CCCC[C@H]1CO. The maximum absolute atomic E-state index is 12.1. The number of hydrogen-bond donors (Lipinski definition) is 3. The lowest BCUT2D eigenvalue weighted by molar-refractivity contribution is 0.108. The minimum Gasteiger partial charge on any atom is -0.394 e. The molecule has 0 spiro atoms. The molecule has 1 aliphatic heterocycles. The van der Waals surface area contributed by atoms with E-state index in [1.165, 1.54) is 5.56 Å². The Labute approximate surface area is 119 Å². The Morgan fingerprint density at radius 2 is 2.30 bits per heavy atom. The van der Waals surface area contributed by atoms with Crippen molar-refractivity contribution in [2.45, 2.75) is 45.6 Å². The first-order chi connectivity index (χ1) is 9.63. The monoisotopic (exact) mass is 280 g/mol. The van der Waals surface area contributed by atoms with Crippen LogP contribution in [0.1, 0.15) is 36.2 Å². The zero-order valence-electron chi connectivity index (χ0n) is 12.3. The normalized spacial score (nSPS) is 19.1. The van der Waals surface area contributed by atoms with E-state index < -0.39 is 0 Å². The number of amides is 2. The molecule has 2 amide bonds. The van der Waals surface area contributed by atoms with Crippen LogP contribution in [0.15, 0.2) is 0 Å². The standard InChI is InChI=1S/C14H24N4O2/c1-10-13(11(2)17-16-10)6-7-15-14(20)18-8-4-3-5-12(18)9-19/h12,19H,3-9H2,1-2H3,(H,15,20)(H,16,17)/t12-/m0/s1. The van der Waals surface area contributed by atoms with Gasteiger partial charge in [0.1, 0.15) is 0 Å². The number of H-pyrrole nitrogens is 1. The topological polar surface area (TPSA) is 81.2 Å². The van der Waals surface area contributed by atoms with Gasteiger partial charge in [-0.05, 0) is 45.1 Å². The minimum atomic E-state index is -0.0671. The van der Waals surface area contributed by atoms with Crippen LogP contribution >= 0.6 is 0 Å². The van der Waals surface area contributed by atoms with E-state index in [0.717, 1.165) is 43.6 Å². The van der Waals surface area contributed by atoms with Crippen LogP contribution in [0, 0.1) is 13.8 Å². The predicted molar refractivity (Wildman–Crippen MR) is 76.6 cm³/mol. The van der Waals surface area contributed by atoms with E-state index in [9.17, 15) is 9.90 Å². The second-order valence-corrected chi connectivity index (χ2v) is 5.42. The van der Waals surface area contributed by atoms with E-state index in [2.05, 4.69) is 15.5 Å². The van der Waals surface area contributed by atoms with Crippen molar-refractivity contribution in [1.82, 2.24) is 20.4 Å². The predicted octanol–water partition coefficient (Wildman–Crippen LogP) is 1.13. The van der Waals surface area contributed by atoms with Crippen LogP contribution in [0.2, 0.25) is 0 Å². The number of aryl methyl sites for hydroxylation is 2. The summed E-state index contributed by atoms with van der Waals surface area (Å²) in [4.78, 5) is 13.9. The Bertz CT molecular complexity index is 439. The lowest BCUT2D eigenvalue weighted by Crippen LogP contribution is -2.50. The highest BCUT2D eigenvalue weighted by atomic mass is 16.3. The number of carbonyl (C=O) groups is 1. The minimum absolute atomic E-state index is 0.0267. The molecule has 1 aromatic heterocycles. The van der Waals surface area contributed by atoms with Gasteiger partial charge in [0.2, 0.25) is 0 Å². The van der Waals surface area contributed by atoms with E-state index in [4.69, 9.17) is 0 Å². The molecule has 6 nitrogen and oxygen atoms in total. The van der Waals surface area contributed by atoms with E-state index in [0.29, 0.717) is 6.54 Å². The largest absolute Gasteiger partial charge is 0.394 e. The van der Waals surface area contributed by atoms with Gasteiger partial charge in [0.15, 0.2) is 0 Å². The summed E-state index contributed by atoms with van der Waals surface area (Å²) in [6.45, 7) is 5.33. The Kier molecular flexibility index (Phi) is 5.00. The van der Waals surface area contributed by atoms with Gasteiger partial charge < -0.3 is 15.3 Å². The molecule has 1 saturated heterocycles. The highest BCUT2D eigenvalue weighted by Gasteiger charge is 2.25. The highest BCUT2D eigenvalue weighted by molar-refractivity contribution is 5.74. The van der Waals surface area contributed by atoms with Gasteiger partial charge in [0, 0.05) is 18.8 Å². The Morgan fingerprint density at radius 1 is 1.50 bits per heavy atom. The number of nitrogens with zero attached hydrogens (tertiary/aromatic N) is 2. The lowest BCUT2D eigenvalue weighted by atomic mass is 10.0. The van der Waals surface area contributed by atoms with Crippen LogP contribution < -0.4 is 5.32 Å². The molecular formula is C14H24N4O2. The second-order valence-electron chi connectivity index (χ2n) is 5.42. The molecule has 0 radical (unpaired) electrons. The quantitative estimate of drug-likeness (QED) is 0.773. The molecule has 0 aromatic carbocycles. The Morgan fingerprint density at radius 3 is 2.95 bits per heavy atom. The van der Waals surface area contributed by atoms with Crippen molar-refractivity contribution >= 4 is 6.03 Å². The van der Waals surface area contributed by atoms with Crippen molar-refractivity contribution in [3.8, 4) is 0 Å². The number of carbonyl (C=O) groups excluding carboxylic acids is 1. The molecule has 1 fully saturated rings. The van der Waals surface area contributed by atoms with E-state index in [-0.39, 0.29) is 18.7 Å². The zero-order chi connectivity index (χ0) is 14.5. The fourth-order valence-corrected chi connectivity index (χ4v) is 2.80. The number of hydrogen-bond acceptors (Lipinski definition) is 3. The van der Waals surface area contributed by atoms with Crippen molar-refractivity contribution in [3.63, 3.8) is 0 Å². The third-order valence-electron chi connectivity index (χ3n) is 4.03. The number of urea groups is 1. The molecule has 2 rings (SSSR count). The molecule has 1 atom stereocenters. The van der Waals surface area contributed by atoms with Gasteiger partial charge in [-0.25, -0.2) is 4.79 Å². The van der Waals surface area contributed by atoms with Gasteiger partial charge >= 0.3 is 6.03 Å². The second kappa shape index (κ2) is 6.74. The lowest BCUT2D eigenvalue weighted by Gasteiger charge is -2.34. The van der Waals surface area contributed by atoms with Gasteiger partial charge in [-0.15, -0.1) is 0 Å². The van der Waals surface area contributed by atoms with Crippen molar-refractivity contribution in [3.05, 3.63) is 17.0 Å². The fourth-order valence-electron chi connectivity index (χ4n) is 2.80. The van der Waals surface area contributed by atoms with Crippen molar-refractivity contribution < 1.29 is 9.90 Å². The molecule has 6 heteroatoms. The number of nitrogens with one attached hydrogen (secondary N) is 2. The summed E-state index contributed by atoms with van der Waals surface area (Å²) in [6, 6.07) is -0.0938. The summed E-state index contributed by atoms with van der Waals surface area (Å²) in [7, 11) is 0. The van der Waals surface area contributed by atoms with Crippen molar-refractivity contribution in [1.29, 1.82) is 0 Å². The fraction of sp³-hybridized carbons (Fsp3) is 0.714. The summed E-state index contributed by atoms with van der Waals surface area (Å²) in [6.07, 6.45) is 3.77. The number of aromatic nitrogens is 2. The average Bonchev–Trinajstić information content (AvgIpc) is 2.78. The summed E-state index contributed by atoms with van der Waals surface area (Å²) >= 11 is 0. The number of aliphatic hydroxyl groups excluding tert-OH is 1. The summed E-state index contributed by atoms with van der Waals surface area (Å²) in [5.74, 6) is 0. The molecule has 20 heavy (non-hydrogen) atoms. The van der Waals surface area contributed by atoms with E-state index in [1.54, 1.807) is 4.90 Å². The average molecular weight is 280 g/mol. The van der Waals surface area contributed by atoms with Gasteiger partial charge in [0.05, 0.1) is 18.3 Å². The zero-order valence-corrected chi connectivity index (χ0v) is 12.3. The molecule has 112 valence electrons. The highest BCUT2D eigenvalue weighted by Crippen LogP contribution is 2.16. The molecule has 0 unspecified atom stereocenters.